The van der Waals surface area contributed by atoms with Crippen LogP contribution in [-0.2, 0) is 19.0 Å². The van der Waals surface area contributed by atoms with Gasteiger partial charge in [0, 0.05) is 11.3 Å². The monoisotopic (exact) mass is 411 g/mol. The van der Waals surface area contributed by atoms with E-state index in [1.807, 2.05) is 43.3 Å². The van der Waals surface area contributed by atoms with Crippen molar-refractivity contribution in [3.63, 3.8) is 0 Å². The van der Waals surface area contributed by atoms with Crippen LogP contribution in [0.5, 0.6) is 0 Å². The molecule has 0 spiro atoms. The summed E-state index contributed by atoms with van der Waals surface area (Å²) in [6.45, 7) is 2.71. The molecule has 7 nitrogen and oxygen atoms in total. The van der Waals surface area contributed by atoms with Crippen LogP contribution in [-0.4, -0.2) is 56.2 Å². The molecule has 1 fully saturated rings. The molecule has 1 atom stereocenters. The molecule has 2 aromatic rings. The number of benzene rings is 2. The molecule has 0 radical (unpaired) electrons. The standard InChI is InChI=1S/C23H25NO6/c1-23(12-28-13-23)14-30-21(26)20(10-25)24-22(27)29-11-19-17-8-4-2-6-15(17)16-7-3-5-9-18(16)19/h2-9,19-20,25H,10-14H2,1H3,(H,24,27). The lowest BCUT2D eigenvalue weighted by Gasteiger charge is -2.37. The van der Waals surface area contributed by atoms with E-state index in [9.17, 15) is 14.7 Å². The summed E-state index contributed by atoms with van der Waals surface area (Å²) < 4.78 is 15.8. The Hall–Kier alpha value is -2.90. The van der Waals surface area contributed by atoms with Crippen LogP contribution in [0.25, 0.3) is 11.1 Å². The van der Waals surface area contributed by atoms with Crippen molar-refractivity contribution in [2.75, 3.05) is 33.0 Å². The molecule has 1 aliphatic heterocycles. The number of fused-ring (bicyclic) bond motifs is 3. The summed E-state index contributed by atoms with van der Waals surface area (Å²) in [6, 6.07) is 14.9. The van der Waals surface area contributed by atoms with Gasteiger partial charge < -0.3 is 24.6 Å². The van der Waals surface area contributed by atoms with Crippen molar-refractivity contribution in [3.05, 3.63) is 59.7 Å². The van der Waals surface area contributed by atoms with Gasteiger partial charge in [0.15, 0.2) is 6.04 Å². The minimum atomic E-state index is -1.18. The number of hydrogen-bond acceptors (Lipinski definition) is 6. The predicted octanol–water partition coefficient (Wildman–Crippen LogP) is 2.47. The SMILES string of the molecule is CC1(COC(=O)C(CO)NC(=O)OCC2c3ccccc3-c3ccccc32)COC1. The zero-order valence-corrected chi connectivity index (χ0v) is 16.8. The third-order valence-corrected chi connectivity index (χ3v) is 5.57. The number of alkyl carbamates (subject to hydrolysis) is 1. The second kappa shape index (κ2) is 8.45. The molecular weight excluding hydrogens is 386 g/mol. The molecule has 1 amide bonds. The first-order chi connectivity index (χ1) is 14.5. The highest BCUT2D eigenvalue weighted by atomic mass is 16.6. The topological polar surface area (TPSA) is 94.1 Å². The van der Waals surface area contributed by atoms with Gasteiger partial charge in [0.25, 0.3) is 0 Å². The minimum Gasteiger partial charge on any atom is -0.463 e. The lowest BCUT2D eigenvalue weighted by molar-refractivity contribution is -0.167. The number of hydrogen-bond donors (Lipinski definition) is 2. The summed E-state index contributed by atoms with van der Waals surface area (Å²) in [6.07, 6.45) is -0.772. The smallest absolute Gasteiger partial charge is 0.407 e. The number of aliphatic hydroxyl groups excluding tert-OH is 1. The molecule has 158 valence electrons. The summed E-state index contributed by atoms with van der Waals surface area (Å²) in [7, 11) is 0. The molecule has 1 unspecified atom stereocenters. The summed E-state index contributed by atoms with van der Waals surface area (Å²) in [5.74, 6) is -0.777. The molecule has 0 saturated carbocycles. The zero-order chi connectivity index (χ0) is 21.1. The van der Waals surface area contributed by atoms with Gasteiger partial charge in [-0.2, -0.15) is 0 Å². The van der Waals surface area contributed by atoms with Gasteiger partial charge in [-0.3, -0.25) is 0 Å². The largest absolute Gasteiger partial charge is 0.463 e. The Morgan fingerprint density at radius 3 is 2.23 bits per heavy atom. The molecule has 7 heteroatoms. The van der Waals surface area contributed by atoms with Gasteiger partial charge >= 0.3 is 12.1 Å². The maximum atomic E-state index is 12.3. The number of carbonyl (C=O) groups is 2. The number of rotatable bonds is 7. The summed E-state index contributed by atoms with van der Waals surface area (Å²) in [4.78, 5) is 24.5. The van der Waals surface area contributed by atoms with Crippen molar-refractivity contribution >= 4 is 12.1 Å². The third kappa shape index (κ3) is 4.04. The summed E-state index contributed by atoms with van der Waals surface area (Å²) in [5, 5.41) is 11.9. The molecule has 1 saturated heterocycles. The molecule has 0 aromatic heterocycles. The molecular formula is C23H25NO6. The Labute approximate surface area is 174 Å². The van der Waals surface area contributed by atoms with Crippen LogP contribution in [0.4, 0.5) is 4.79 Å². The first kappa shape index (κ1) is 20.4. The molecule has 0 bridgehead atoms. The average molecular weight is 411 g/mol. The van der Waals surface area contributed by atoms with E-state index in [2.05, 4.69) is 17.4 Å². The molecule has 2 N–H and O–H groups in total. The molecule has 4 rings (SSSR count). The number of amides is 1. The summed E-state index contributed by atoms with van der Waals surface area (Å²) in [5.41, 5.74) is 4.25. The molecule has 1 aliphatic carbocycles. The van der Waals surface area contributed by atoms with Crippen LogP contribution >= 0.6 is 0 Å². The number of esters is 1. The van der Waals surface area contributed by atoms with E-state index in [1.165, 1.54) is 0 Å². The van der Waals surface area contributed by atoms with Gasteiger partial charge in [-0.1, -0.05) is 55.5 Å². The molecule has 2 aliphatic rings. The van der Waals surface area contributed by atoms with Crippen molar-refractivity contribution in [1.29, 1.82) is 0 Å². The van der Waals surface area contributed by atoms with Crippen LogP contribution in [0.15, 0.2) is 48.5 Å². The second-order valence-corrected chi connectivity index (χ2v) is 8.12. The highest BCUT2D eigenvalue weighted by Gasteiger charge is 2.36. The lowest BCUT2D eigenvalue weighted by Crippen LogP contribution is -2.48. The fourth-order valence-corrected chi connectivity index (χ4v) is 3.84. The average Bonchev–Trinajstić information content (AvgIpc) is 3.07. The van der Waals surface area contributed by atoms with E-state index < -0.39 is 24.7 Å². The van der Waals surface area contributed by atoms with E-state index in [1.54, 1.807) is 0 Å². The van der Waals surface area contributed by atoms with E-state index in [-0.39, 0.29) is 24.5 Å². The van der Waals surface area contributed by atoms with Crippen molar-refractivity contribution < 1.29 is 28.9 Å². The van der Waals surface area contributed by atoms with E-state index >= 15 is 0 Å². The molecule has 1 heterocycles. The Kier molecular flexibility index (Phi) is 5.74. The van der Waals surface area contributed by atoms with Crippen molar-refractivity contribution in [2.24, 2.45) is 5.41 Å². The Bertz CT molecular complexity index is 893. The van der Waals surface area contributed by atoms with Crippen molar-refractivity contribution in [3.8, 4) is 11.1 Å². The van der Waals surface area contributed by atoms with Crippen LogP contribution < -0.4 is 5.32 Å². The quantitative estimate of drug-likeness (QED) is 0.680. The summed E-state index contributed by atoms with van der Waals surface area (Å²) >= 11 is 0. The Morgan fingerprint density at radius 1 is 1.10 bits per heavy atom. The maximum absolute atomic E-state index is 12.3. The number of carbonyl (C=O) groups excluding carboxylic acids is 2. The van der Waals surface area contributed by atoms with Crippen LogP contribution in [0.2, 0.25) is 0 Å². The van der Waals surface area contributed by atoms with Gasteiger partial charge in [-0.15, -0.1) is 0 Å². The van der Waals surface area contributed by atoms with E-state index in [0.717, 1.165) is 22.3 Å². The van der Waals surface area contributed by atoms with Gasteiger partial charge in [0.1, 0.15) is 13.2 Å². The first-order valence-corrected chi connectivity index (χ1v) is 9.97. The Morgan fingerprint density at radius 2 is 1.70 bits per heavy atom. The van der Waals surface area contributed by atoms with Gasteiger partial charge in [-0.05, 0) is 22.3 Å². The first-order valence-electron chi connectivity index (χ1n) is 9.97. The Balaban J connectivity index is 1.34. The fraction of sp³-hybridized carbons (Fsp3) is 0.391. The minimum absolute atomic E-state index is 0.0822. The van der Waals surface area contributed by atoms with Gasteiger partial charge in [0.2, 0.25) is 0 Å². The molecule has 30 heavy (non-hydrogen) atoms. The zero-order valence-electron chi connectivity index (χ0n) is 16.8. The van der Waals surface area contributed by atoms with E-state index in [4.69, 9.17) is 14.2 Å². The highest BCUT2D eigenvalue weighted by Crippen LogP contribution is 2.44. The van der Waals surface area contributed by atoms with Crippen LogP contribution in [0, 0.1) is 5.41 Å². The number of aliphatic hydroxyl groups is 1. The van der Waals surface area contributed by atoms with Crippen molar-refractivity contribution in [1.82, 2.24) is 5.32 Å². The highest BCUT2D eigenvalue weighted by molar-refractivity contribution is 5.82. The number of nitrogens with one attached hydrogen (secondary N) is 1. The number of ether oxygens (including phenoxy) is 3. The third-order valence-electron chi connectivity index (χ3n) is 5.57. The molecule has 2 aromatic carbocycles. The maximum Gasteiger partial charge on any atom is 0.407 e. The second-order valence-electron chi connectivity index (χ2n) is 8.12. The fourth-order valence-electron chi connectivity index (χ4n) is 3.84. The van der Waals surface area contributed by atoms with Crippen LogP contribution in [0.1, 0.15) is 24.0 Å². The predicted molar refractivity (Wildman–Crippen MR) is 109 cm³/mol. The van der Waals surface area contributed by atoms with Gasteiger partial charge in [-0.25, -0.2) is 9.59 Å². The van der Waals surface area contributed by atoms with Crippen molar-refractivity contribution in [2.45, 2.75) is 18.9 Å². The van der Waals surface area contributed by atoms with Crippen LogP contribution in [0.3, 0.4) is 0 Å². The normalized spacial score (nSPS) is 17.3. The lowest BCUT2D eigenvalue weighted by atomic mass is 9.90. The van der Waals surface area contributed by atoms with Gasteiger partial charge in [0.05, 0.1) is 19.8 Å². The van der Waals surface area contributed by atoms with E-state index in [0.29, 0.717) is 13.2 Å².